The summed E-state index contributed by atoms with van der Waals surface area (Å²) >= 11 is 0. The molecule has 0 amide bonds. The lowest BCUT2D eigenvalue weighted by atomic mass is 9.85. The number of nitrogens with zero attached hydrogens (tertiary/aromatic N) is 2. The molecule has 0 fully saturated rings. The van der Waals surface area contributed by atoms with Crippen molar-refractivity contribution in [3.05, 3.63) is 290 Å². The van der Waals surface area contributed by atoms with Crippen molar-refractivity contribution < 1.29 is 0 Å². The highest BCUT2D eigenvalue weighted by molar-refractivity contribution is 6.17. The summed E-state index contributed by atoms with van der Waals surface area (Å²) in [7, 11) is 0. The van der Waals surface area contributed by atoms with Crippen LogP contribution in [0.15, 0.2) is 245 Å². The van der Waals surface area contributed by atoms with Gasteiger partial charge in [0.1, 0.15) is 0 Å². The van der Waals surface area contributed by atoms with Crippen LogP contribution in [0.3, 0.4) is 0 Å². The summed E-state index contributed by atoms with van der Waals surface area (Å²) in [5.74, 6) is 0. The molecule has 1 heterocycles. The molecule has 0 atom stereocenters. The average molecular weight is 889 g/mol. The molecule has 0 saturated heterocycles. The van der Waals surface area contributed by atoms with Crippen LogP contribution in [0.2, 0.25) is 0 Å². The first-order chi connectivity index (χ1) is 34.4. The maximum absolute atomic E-state index is 5.98. The molecule has 0 radical (unpaired) electrons. The van der Waals surface area contributed by atoms with Gasteiger partial charge in [-0.2, -0.15) is 0 Å². The van der Waals surface area contributed by atoms with Crippen molar-refractivity contribution in [2.45, 2.75) is 0 Å². The maximum atomic E-state index is 5.98. The van der Waals surface area contributed by atoms with Crippen molar-refractivity contribution >= 4 is 108 Å². The number of aromatic nitrogens is 2. The Morgan fingerprint density at radius 2 is 0.357 bits per heavy atom. The molecule has 2 heteroatoms. The summed E-state index contributed by atoms with van der Waals surface area (Å²) in [5.41, 5.74) is 9.47. The highest BCUT2D eigenvalue weighted by Crippen LogP contribution is 2.45. The molecule has 0 aliphatic heterocycles. The Morgan fingerprint density at radius 1 is 0.214 bits per heavy atom. The van der Waals surface area contributed by atoms with E-state index in [1.165, 1.54) is 0 Å². The molecule has 0 bridgehead atoms. The molecular weight excluding hydrogens is 845 g/mol. The van der Waals surface area contributed by atoms with Gasteiger partial charge in [0.15, 0.2) is 0 Å². The van der Waals surface area contributed by atoms with Gasteiger partial charge >= 0.3 is 0 Å². The van der Waals surface area contributed by atoms with E-state index in [-0.39, 0.29) is 0 Å². The van der Waals surface area contributed by atoms with E-state index in [9.17, 15) is 0 Å². The average Bonchev–Trinajstić information content (AvgIpc) is 3.41. The van der Waals surface area contributed by atoms with Crippen molar-refractivity contribution in [3.8, 4) is 0 Å². The smallest absolute Gasteiger partial charge is 0.0973 e. The summed E-state index contributed by atoms with van der Waals surface area (Å²) in [6, 6.07) is 77.5. The highest BCUT2D eigenvalue weighted by Gasteiger charge is 2.28. The van der Waals surface area contributed by atoms with Crippen LogP contribution in [0.1, 0.15) is 45.0 Å². The minimum Gasteiger partial charge on any atom is -0.243 e. The monoisotopic (exact) mass is 888 g/mol. The summed E-state index contributed by atoms with van der Waals surface area (Å²) in [6.45, 7) is 20.2. The summed E-state index contributed by atoms with van der Waals surface area (Å²) in [4.78, 5) is 12.0. The van der Waals surface area contributed by atoms with Crippen LogP contribution in [-0.2, 0) is 0 Å². The van der Waals surface area contributed by atoms with Crippen molar-refractivity contribution in [1.29, 1.82) is 0 Å². The number of fused-ring (bicyclic) bond motifs is 8. The Kier molecular flexibility index (Phi) is 9.50. The Labute approximate surface area is 406 Å². The fourth-order valence-corrected chi connectivity index (χ4v) is 11.1. The quantitative estimate of drug-likeness (QED) is 0.142. The van der Waals surface area contributed by atoms with Crippen LogP contribution < -0.4 is 0 Å². The van der Waals surface area contributed by atoms with Gasteiger partial charge in [-0.15, -0.1) is 0 Å². The third-order valence-electron chi connectivity index (χ3n) is 14.3. The first kappa shape index (κ1) is 41.0. The lowest BCUT2D eigenvalue weighted by Crippen LogP contribution is -2.11. The minimum atomic E-state index is 0.628. The molecule has 12 aromatic carbocycles. The fourth-order valence-electron chi connectivity index (χ4n) is 11.1. The number of hydrogen-bond acceptors (Lipinski definition) is 2. The summed E-state index contributed by atoms with van der Waals surface area (Å²) in [6.07, 6.45) is 0. The van der Waals surface area contributed by atoms with Crippen LogP contribution in [0, 0.1) is 0 Å². The Hall–Kier alpha value is -9.24. The Bertz CT molecular complexity index is 3650. The second-order valence-electron chi connectivity index (χ2n) is 18.3. The molecule has 0 unspecified atom stereocenters. The molecule has 1 aromatic heterocycles. The van der Waals surface area contributed by atoms with Gasteiger partial charge < -0.3 is 0 Å². The van der Waals surface area contributed by atoms with Gasteiger partial charge in [0.05, 0.1) is 22.8 Å². The zero-order valence-corrected chi connectivity index (χ0v) is 38.5. The molecule has 0 aliphatic rings. The van der Waals surface area contributed by atoms with E-state index in [0.29, 0.717) is 22.8 Å². The van der Waals surface area contributed by atoms with Crippen LogP contribution >= 0.6 is 0 Å². The van der Waals surface area contributed by atoms with E-state index in [0.717, 1.165) is 131 Å². The molecule has 70 heavy (non-hydrogen) atoms. The van der Waals surface area contributed by atoms with Gasteiger partial charge in [-0.05, 0) is 133 Å². The van der Waals surface area contributed by atoms with Crippen LogP contribution in [-0.4, -0.2) is 9.97 Å². The third kappa shape index (κ3) is 6.42. The molecule has 0 saturated carbocycles. The molecule has 0 aliphatic carbocycles. The largest absolute Gasteiger partial charge is 0.243 e. The van der Waals surface area contributed by atoms with Gasteiger partial charge in [0, 0.05) is 22.3 Å². The van der Waals surface area contributed by atoms with Gasteiger partial charge in [-0.1, -0.05) is 220 Å². The Balaban J connectivity index is 1.19. The molecule has 13 aromatic rings. The molecule has 2 nitrogen and oxygen atoms in total. The SMILES string of the molecule is C=C(c1nc(C(=C)c2c3ccccc3cc3ccccc23)c(C(=C)c2c3ccccc3cc3ccccc23)nc1C(=C)c1c2ccccc2cc2ccccc12)c1c2ccccc2cc2ccccc12. The predicted molar refractivity (Wildman–Crippen MR) is 300 cm³/mol. The fraction of sp³-hybridized carbons (Fsp3) is 0. The van der Waals surface area contributed by atoms with E-state index < -0.39 is 0 Å². The number of rotatable bonds is 8. The molecular formula is C68H44N2. The normalized spacial score (nSPS) is 11.7. The van der Waals surface area contributed by atoms with Gasteiger partial charge in [0.2, 0.25) is 0 Å². The van der Waals surface area contributed by atoms with E-state index in [1.54, 1.807) is 0 Å². The van der Waals surface area contributed by atoms with Crippen molar-refractivity contribution in [1.82, 2.24) is 9.97 Å². The summed E-state index contributed by atoms with van der Waals surface area (Å²) < 4.78 is 0. The standard InChI is InChI=1S/C68H44N2/c1-41(61-53-29-13-5-21-45(53)37-46-22-6-14-30-54(46)61)65-66(42(2)62-55-31-15-7-23-47(55)38-48-24-8-16-32-56(48)62)70-68(44(4)64-59-35-19-11-27-51(59)40-52-28-12-20-36-60(52)64)67(69-65)43(3)63-57-33-17-9-25-49(57)39-50-26-10-18-34-58(50)63/h5-40H,1-4H2. The van der Waals surface area contributed by atoms with Crippen molar-refractivity contribution in [2.24, 2.45) is 0 Å². The maximum Gasteiger partial charge on any atom is 0.0973 e. The lowest BCUT2D eigenvalue weighted by Gasteiger charge is -2.24. The van der Waals surface area contributed by atoms with E-state index >= 15 is 0 Å². The van der Waals surface area contributed by atoms with E-state index in [2.05, 4.69) is 218 Å². The first-order valence-electron chi connectivity index (χ1n) is 23.7. The second-order valence-corrected chi connectivity index (χ2v) is 18.3. The van der Waals surface area contributed by atoms with Crippen LogP contribution in [0.25, 0.3) is 108 Å². The zero-order valence-electron chi connectivity index (χ0n) is 38.5. The van der Waals surface area contributed by atoms with Crippen LogP contribution in [0.4, 0.5) is 0 Å². The van der Waals surface area contributed by atoms with Gasteiger partial charge in [-0.3, -0.25) is 0 Å². The van der Waals surface area contributed by atoms with Crippen LogP contribution in [0.5, 0.6) is 0 Å². The zero-order chi connectivity index (χ0) is 47.0. The third-order valence-corrected chi connectivity index (χ3v) is 14.3. The summed E-state index contributed by atoms with van der Waals surface area (Å²) in [5, 5.41) is 17.6. The lowest BCUT2D eigenvalue weighted by molar-refractivity contribution is 1.09. The molecule has 326 valence electrons. The van der Waals surface area contributed by atoms with Gasteiger partial charge in [-0.25, -0.2) is 9.97 Å². The second kappa shape index (κ2) is 16.2. The van der Waals surface area contributed by atoms with E-state index in [1.807, 2.05) is 0 Å². The van der Waals surface area contributed by atoms with E-state index in [4.69, 9.17) is 36.3 Å². The van der Waals surface area contributed by atoms with Crippen molar-refractivity contribution in [2.75, 3.05) is 0 Å². The molecule has 0 N–H and O–H groups in total. The molecule has 13 rings (SSSR count). The number of benzene rings is 12. The first-order valence-corrected chi connectivity index (χ1v) is 23.7. The molecule has 0 spiro atoms. The highest BCUT2D eigenvalue weighted by atomic mass is 14.9. The van der Waals surface area contributed by atoms with Crippen molar-refractivity contribution in [3.63, 3.8) is 0 Å². The minimum absolute atomic E-state index is 0.628. The Morgan fingerprint density at radius 3 is 0.514 bits per heavy atom. The predicted octanol–water partition coefficient (Wildman–Crippen LogP) is 17.9. The van der Waals surface area contributed by atoms with Gasteiger partial charge in [0.25, 0.3) is 0 Å². The topological polar surface area (TPSA) is 25.8 Å². The number of hydrogen-bond donors (Lipinski definition) is 0.